The van der Waals surface area contributed by atoms with E-state index in [9.17, 15) is 19.8 Å². The summed E-state index contributed by atoms with van der Waals surface area (Å²) in [6.45, 7) is 4.94. The third-order valence-corrected chi connectivity index (χ3v) is 14.3. The normalized spacial score (nSPS) is 12.6. The van der Waals surface area contributed by atoms with Crippen LogP contribution in [-0.4, -0.2) is 47.4 Å². The molecule has 0 aromatic rings. The van der Waals surface area contributed by atoms with Crippen molar-refractivity contribution in [3.05, 3.63) is 12.2 Å². The first kappa shape index (κ1) is 65.6. The monoisotopic (exact) mass is 946 g/mol. The van der Waals surface area contributed by atoms with Crippen molar-refractivity contribution in [2.24, 2.45) is 0 Å². The number of carbonyl (C=O) groups excluding carboxylic acids is 2. The number of rotatable bonds is 57. The fraction of sp³-hybridized carbons (Fsp3) is 0.934. The average molecular weight is 947 g/mol. The molecule has 6 nitrogen and oxygen atoms in total. The first-order valence-electron chi connectivity index (χ1n) is 30.4. The van der Waals surface area contributed by atoms with Crippen LogP contribution in [0.3, 0.4) is 0 Å². The summed E-state index contributed by atoms with van der Waals surface area (Å²) in [4.78, 5) is 24.6. The van der Waals surface area contributed by atoms with Crippen molar-refractivity contribution >= 4 is 11.9 Å². The molecule has 0 fully saturated rings. The predicted octanol–water partition coefficient (Wildman–Crippen LogP) is 18.9. The molecule has 0 aromatic heterocycles. The summed E-state index contributed by atoms with van der Waals surface area (Å²) in [5.74, 6) is -0.0554. The van der Waals surface area contributed by atoms with E-state index in [1.165, 1.54) is 250 Å². The summed E-state index contributed by atoms with van der Waals surface area (Å²) >= 11 is 0. The number of esters is 1. The van der Waals surface area contributed by atoms with E-state index in [1.807, 2.05) is 0 Å². The van der Waals surface area contributed by atoms with Crippen molar-refractivity contribution in [2.75, 3.05) is 13.2 Å². The maximum Gasteiger partial charge on any atom is 0.305 e. The number of hydrogen-bond acceptors (Lipinski definition) is 5. The molecule has 1 amide bonds. The van der Waals surface area contributed by atoms with Crippen molar-refractivity contribution in [1.82, 2.24) is 5.32 Å². The van der Waals surface area contributed by atoms with Gasteiger partial charge >= 0.3 is 5.97 Å². The minimum atomic E-state index is -0.675. The van der Waals surface area contributed by atoms with Crippen LogP contribution in [0.2, 0.25) is 0 Å². The van der Waals surface area contributed by atoms with Crippen molar-refractivity contribution in [3.8, 4) is 0 Å². The number of unbranched alkanes of at least 4 members (excludes halogenated alkanes) is 44. The van der Waals surface area contributed by atoms with Gasteiger partial charge in [0.1, 0.15) is 0 Å². The third-order valence-electron chi connectivity index (χ3n) is 14.3. The second-order valence-corrected chi connectivity index (χ2v) is 21.0. The Morgan fingerprint density at radius 3 is 1.06 bits per heavy atom. The van der Waals surface area contributed by atoms with E-state index in [2.05, 4.69) is 31.3 Å². The van der Waals surface area contributed by atoms with Crippen LogP contribution >= 0.6 is 0 Å². The molecular weight excluding hydrogens is 827 g/mol. The maximum atomic E-state index is 12.5. The Morgan fingerprint density at radius 2 is 0.701 bits per heavy atom. The zero-order valence-corrected chi connectivity index (χ0v) is 45.4. The van der Waals surface area contributed by atoms with E-state index in [0.717, 1.165) is 57.8 Å². The molecule has 2 atom stereocenters. The molecule has 0 aliphatic heterocycles. The number of nitrogens with one attached hydrogen (secondary N) is 1. The van der Waals surface area contributed by atoms with Gasteiger partial charge in [-0.2, -0.15) is 0 Å². The van der Waals surface area contributed by atoms with Crippen molar-refractivity contribution < 1.29 is 24.5 Å². The highest BCUT2D eigenvalue weighted by atomic mass is 16.5. The Hall–Kier alpha value is -1.40. The van der Waals surface area contributed by atoms with E-state index in [-0.39, 0.29) is 18.5 Å². The Bertz CT molecular complexity index is 1000. The highest BCUT2D eigenvalue weighted by Crippen LogP contribution is 2.18. The summed E-state index contributed by atoms with van der Waals surface area (Å²) in [7, 11) is 0. The summed E-state index contributed by atoms with van der Waals surface area (Å²) in [5, 5.41) is 23.3. The molecule has 0 rings (SSSR count). The molecule has 398 valence electrons. The average Bonchev–Trinajstić information content (AvgIpc) is 3.33. The Labute approximate surface area is 419 Å². The van der Waals surface area contributed by atoms with Crippen molar-refractivity contribution in [2.45, 2.75) is 353 Å². The first-order chi connectivity index (χ1) is 33.0. The summed E-state index contributed by atoms with van der Waals surface area (Å²) in [5.41, 5.74) is 0. The lowest BCUT2D eigenvalue weighted by atomic mass is 10.0. The maximum absolute atomic E-state index is 12.5. The van der Waals surface area contributed by atoms with Gasteiger partial charge in [0.05, 0.1) is 25.4 Å². The largest absolute Gasteiger partial charge is 0.466 e. The van der Waals surface area contributed by atoms with Crippen molar-refractivity contribution in [3.63, 3.8) is 0 Å². The number of amides is 1. The fourth-order valence-electron chi connectivity index (χ4n) is 9.64. The number of carbonyl (C=O) groups is 2. The topological polar surface area (TPSA) is 95.9 Å². The van der Waals surface area contributed by atoms with Gasteiger partial charge < -0.3 is 20.3 Å². The number of ether oxygens (including phenoxy) is 1. The van der Waals surface area contributed by atoms with Gasteiger partial charge in [-0.3, -0.25) is 9.59 Å². The summed E-state index contributed by atoms with van der Waals surface area (Å²) in [6, 6.07) is -0.553. The minimum Gasteiger partial charge on any atom is -0.466 e. The molecule has 0 aromatic carbocycles. The van der Waals surface area contributed by atoms with Crippen LogP contribution in [-0.2, 0) is 14.3 Å². The lowest BCUT2D eigenvalue weighted by Gasteiger charge is -2.22. The quantitative estimate of drug-likeness (QED) is 0.0321. The summed E-state index contributed by atoms with van der Waals surface area (Å²) < 4.78 is 5.49. The molecule has 0 aliphatic carbocycles. The van der Waals surface area contributed by atoms with E-state index in [0.29, 0.717) is 25.9 Å². The van der Waals surface area contributed by atoms with Gasteiger partial charge in [-0.15, -0.1) is 0 Å². The van der Waals surface area contributed by atoms with Gasteiger partial charge in [0.25, 0.3) is 0 Å². The van der Waals surface area contributed by atoms with Crippen LogP contribution < -0.4 is 5.32 Å². The standard InChI is InChI=1S/C61H119NO5/c1-3-5-7-9-11-13-15-17-19-21-23-25-27-29-33-37-41-45-49-53-59(64)58(57-63)62-60(65)54-50-46-42-38-34-31-32-36-40-44-48-52-56-67-61(66)55-51-47-43-39-35-30-28-26-24-22-20-18-16-14-12-10-8-6-4-2/h18,20,58-59,63-64H,3-17,19,21-57H2,1-2H3,(H,62,65)/b20-18-. The molecule has 0 radical (unpaired) electrons. The molecule has 0 spiro atoms. The molecule has 3 N–H and O–H groups in total. The van der Waals surface area contributed by atoms with Crippen LogP contribution in [0.1, 0.15) is 341 Å². The SMILES string of the molecule is CCCCCCCC/C=C\CCCCCCCCCCCC(=O)OCCCCCCCCCCCCCCC(=O)NC(CO)C(O)CCCCCCCCCCCCCCCCCCCCC. The molecule has 0 saturated carbocycles. The molecule has 0 bridgehead atoms. The van der Waals surface area contributed by atoms with Crippen LogP contribution in [0.4, 0.5) is 0 Å². The smallest absolute Gasteiger partial charge is 0.305 e. The van der Waals surface area contributed by atoms with E-state index < -0.39 is 12.1 Å². The third kappa shape index (κ3) is 53.8. The number of hydrogen-bond donors (Lipinski definition) is 3. The molecule has 6 heteroatoms. The zero-order chi connectivity index (χ0) is 48.6. The van der Waals surface area contributed by atoms with Gasteiger partial charge in [0, 0.05) is 12.8 Å². The summed E-state index contributed by atoms with van der Waals surface area (Å²) in [6.07, 6.45) is 67.7. The van der Waals surface area contributed by atoms with Gasteiger partial charge in [-0.1, -0.05) is 289 Å². The van der Waals surface area contributed by atoms with Gasteiger partial charge in [0.15, 0.2) is 0 Å². The van der Waals surface area contributed by atoms with Crippen LogP contribution in [0.15, 0.2) is 12.2 Å². The molecular formula is C61H119NO5. The Kier molecular flexibility index (Phi) is 56.0. The lowest BCUT2D eigenvalue weighted by Crippen LogP contribution is -2.45. The Balaban J connectivity index is 3.43. The molecule has 0 heterocycles. The molecule has 67 heavy (non-hydrogen) atoms. The number of aliphatic hydroxyl groups excluding tert-OH is 2. The van der Waals surface area contributed by atoms with Gasteiger partial charge in [-0.25, -0.2) is 0 Å². The highest BCUT2D eigenvalue weighted by Gasteiger charge is 2.20. The minimum absolute atomic E-state index is 0.00843. The molecule has 2 unspecified atom stereocenters. The highest BCUT2D eigenvalue weighted by molar-refractivity contribution is 5.76. The second-order valence-electron chi connectivity index (χ2n) is 21.0. The van der Waals surface area contributed by atoms with E-state index in [4.69, 9.17) is 4.74 Å². The first-order valence-corrected chi connectivity index (χ1v) is 30.4. The van der Waals surface area contributed by atoms with Crippen LogP contribution in [0.25, 0.3) is 0 Å². The van der Waals surface area contributed by atoms with Gasteiger partial charge in [-0.05, 0) is 51.4 Å². The molecule has 0 aliphatic rings. The number of aliphatic hydroxyl groups is 2. The van der Waals surface area contributed by atoms with Crippen molar-refractivity contribution in [1.29, 1.82) is 0 Å². The fourth-order valence-corrected chi connectivity index (χ4v) is 9.64. The van der Waals surface area contributed by atoms with Gasteiger partial charge in [0.2, 0.25) is 5.91 Å². The van der Waals surface area contributed by atoms with E-state index in [1.54, 1.807) is 0 Å². The zero-order valence-electron chi connectivity index (χ0n) is 45.4. The Morgan fingerprint density at radius 1 is 0.403 bits per heavy atom. The van der Waals surface area contributed by atoms with Crippen LogP contribution in [0, 0.1) is 0 Å². The van der Waals surface area contributed by atoms with Crippen LogP contribution in [0.5, 0.6) is 0 Å². The van der Waals surface area contributed by atoms with E-state index >= 15 is 0 Å². The lowest BCUT2D eigenvalue weighted by molar-refractivity contribution is -0.143. The molecule has 0 saturated heterocycles. The second kappa shape index (κ2) is 57.2. The predicted molar refractivity (Wildman–Crippen MR) is 292 cm³/mol. The number of allylic oxidation sites excluding steroid dienone is 2.